The van der Waals surface area contributed by atoms with Crippen molar-refractivity contribution in [2.75, 3.05) is 0 Å². The molecule has 2 unspecified atom stereocenters. The summed E-state index contributed by atoms with van der Waals surface area (Å²) in [7, 11) is 0. The average molecular weight is 302 g/mol. The van der Waals surface area contributed by atoms with Gasteiger partial charge in [-0.15, -0.1) is 0 Å². The quantitative estimate of drug-likeness (QED) is 0.942. The fourth-order valence-corrected chi connectivity index (χ4v) is 2.62. The number of hydrogen-bond donors (Lipinski definition) is 1. The molecule has 23 heavy (non-hydrogen) atoms. The predicted octanol–water partition coefficient (Wildman–Crippen LogP) is 2.37. The number of amides is 1. The zero-order valence-corrected chi connectivity index (χ0v) is 12.3. The summed E-state index contributed by atoms with van der Waals surface area (Å²) in [6, 6.07) is 20.3. The first kappa shape index (κ1) is 14.7. The van der Waals surface area contributed by atoms with Crippen LogP contribution in [0.25, 0.3) is 0 Å². The molecule has 0 aromatic heterocycles. The fourth-order valence-electron chi connectivity index (χ4n) is 2.62. The Balaban J connectivity index is 2.14. The van der Waals surface area contributed by atoms with Gasteiger partial charge in [0.25, 0.3) is 5.91 Å². The molecule has 1 heterocycles. The second-order valence-corrected chi connectivity index (χ2v) is 5.14. The highest BCUT2D eigenvalue weighted by Crippen LogP contribution is 2.37. The first-order chi connectivity index (χ1) is 11.2. The molecule has 2 atom stereocenters. The van der Waals surface area contributed by atoms with Crippen LogP contribution in [0.15, 0.2) is 70.6 Å². The van der Waals surface area contributed by atoms with Crippen molar-refractivity contribution in [1.82, 2.24) is 0 Å². The highest BCUT2D eigenvalue weighted by atomic mass is 16.1. The van der Waals surface area contributed by atoms with Crippen molar-refractivity contribution in [1.29, 1.82) is 5.26 Å². The number of hydrogen-bond acceptors (Lipinski definition) is 4. The molecule has 1 aliphatic rings. The van der Waals surface area contributed by atoms with E-state index in [9.17, 15) is 10.1 Å². The van der Waals surface area contributed by atoms with Crippen molar-refractivity contribution in [3.05, 3.63) is 71.8 Å². The largest absolute Gasteiger partial charge is 0.364 e. The zero-order valence-electron chi connectivity index (χ0n) is 12.3. The summed E-state index contributed by atoms with van der Waals surface area (Å²) >= 11 is 0. The van der Waals surface area contributed by atoms with E-state index in [1.807, 2.05) is 66.7 Å². The topological polar surface area (TPSA) is 91.6 Å². The Morgan fingerprint density at radius 1 is 0.913 bits per heavy atom. The number of aliphatic imine (C=N–C) groups is 2. The standard InChI is InChI=1S/C18H14N4O/c19-11-14-17(18(20)23)22-16(13-9-5-2-6-10-13)15(21-14)12-7-3-1-4-8-12/h1-10,15-16H,(H2,20,23). The van der Waals surface area contributed by atoms with Crippen LogP contribution in [0.5, 0.6) is 0 Å². The van der Waals surface area contributed by atoms with Gasteiger partial charge in [0.2, 0.25) is 0 Å². The van der Waals surface area contributed by atoms with Gasteiger partial charge >= 0.3 is 0 Å². The van der Waals surface area contributed by atoms with Crippen molar-refractivity contribution >= 4 is 17.3 Å². The van der Waals surface area contributed by atoms with Gasteiger partial charge in [-0.05, 0) is 11.1 Å². The van der Waals surface area contributed by atoms with Gasteiger partial charge in [-0.3, -0.25) is 14.8 Å². The summed E-state index contributed by atoms with van der Waals surface area (Å²) in [4.78, 5) is 20.5. The summed E-state index contributed by atoms with van der Waals surface area (Å²) in [5.74, 6) is -0.738. The van der Waals surface area contributed by atoms with E-state index in [1.54, 1.807) is 0 Å². The normalized spacial score (nSPS) is 20.1. The molecular formula is C18H14N4O. The molecule has 5 nitrogen and oxygen atoms in total. The van der Waals surface area contributed by atoms with Crippen molar-refractivity contribution in [3.63, 3.8) is 0 Å². The number of carbonyl (C=O) groups is 1. The summed E-state index contributed by atoms with van der Waals surface area (Å²) in [6.07, 6.45) is 0. The van der Waals surface area contributed by atoms with E-state index in [0.717, 1.165) is 11.1 Å². The summed E-state index contributed by atoms with van der Waals surface area (Å²) in [5.41, 5.74) is 7.13. The molecule has 2 aromatic rings. The Labute approximate surface area is 133 Å². The molecule has 1 amide bonds. The van der Waals surface area contributed by atoms with Crippen molar-refractivity contribution < 1.29 is 4.79 Å². The number of rotatable bonds is 3. The van der Waals surface area contributed by atoms with Gasteiger partial charge in [-0.2, -0.15) is 5.26 Å². The van der Waals surface area contributed by atoms with Gasteiger partial charge in [0.15, 0.2) is 11.4 Å². The molecule has 0 radical (unpaired) electrons. The highest BCUT2D eigenvalue weighted by Gasteiger charge is 2.32. The lowest BCUT2D eigenvalue weighted by Crippen LogP contribution is -2.34. The van der Waals surface area contributed by atoms with Crippen LogP contribution in [0.2, 0.25) is 0 Å². The van der Waals surface area contributed by atoms with E-state index >= 15 is 0 Å². The van der Waals surface area contributed by atoms with Gasteiger partial charge in [0.05, 0.1) is 0 Å². The van der Waals surface area contributed by atoms with Crippen LogP contribution in [-0.4, -0.2) is 17.3 Å². The van der Waals surface area contributed by atoms with Gasteiger partial charge in [0.1, 0.15) is 18.2 Å². The fraction of sp³-hybridized carbons (Fsp3) is 0.111. The molecule has 0 bridgehead atoms. The first-order valence-corrected chi connectivity index (χ1v) is 7.16. The van der Waals surface area contributed by atoms with Gasteiger partial charge in [-0.25, -0.2) is 0 Å². The molecule has 5 heteroatoms. The highest BCUT2D eigenvalue weighted by molar-refractivity contribution is 6.70. The lowest BCUT2D eigenvalue weighted by Gasteiger charge is -2.26. The van der Waals surface area contributed by atoms with E-state index in [-0.39, 0.29) is 17.5 Å². The molecule has 0 spiro atoms. The molecule has 2 aromatic carbocycles. The smallest absolute Gasteiger partial charge is 0.269 e. The molecule has 1 aliphatic heterocycles. The number of nitrogens with two attached hydrogens (primary N) is 1. The number of primary amides is 1. The van der Waals surface area contributed by atoms with Crippen molar-refractivity contribution in [3.8, 4) is 6.07 Å². The third-order valence-electron chi connectivity index (χ3n) is 3.68. The molecule has 112 valence electrons. The minimum Gasteiger partial charge on any atom is -0.364 e. The maximum absolute atomic E-state index is 11.6. The van der Waals surface area contributed by atoms with E-state index in [0.29, 0.717) is 0 Å². The molecule has 0 aliphatic carbocycles. The predicted molar refractivity (Wildman–Crippen MR) is 88.0 cm³/mol. The SMILES string of the molecule is N#CC1=NC(c2ccccc2)C(c2ccccc2)N=C1C(N)=O. The Kier molecular flexibility index (Phi) is 3.98. The Bertz CT molecular complexity index is 819. The van der Waals surface area contributed by atoms with Crippen LogP contribution >= 0.6 is 0 Å². The number of nitrogens with zero attached hydrogens (tertiary/aromatic N) is 3. The van der Waals surface area contributed by atoms with E-state index < -0.39 is 11.9 Å². The molecule has 0 saturated carbocycles. The summed E-state index contributed by atoms with van der Waals surface area (Å²) < 4.78 is 0. The van der Waals surface area contributed by atoms with Gasteiger partial charge in [0, 0.05) is 0 Å². The second-order valence-electron chi connectivity index (χ2n) is 5.14. The lowest BCUT2D eigenvalue weighted by atomic mass is 9.92. The van der Waals surface area contributed by atoms with E-state index in [2.05, 4.69) is 9.98 Å². The monoisotopic (exact) mass is 302 g/mol. The maximum atomic E-state index is 11.6. The minimum atomic E-state index is -0.738. The van der Waals surface area contributed by atoms with E-state index in [4.69, 9.17) is 5.73 Å². The molecule has 3 rings (SSSR count). The minimum absolute atomic E-state index is 0.0152. The number of nitriles is 1. The number of carbonyl (C=O) groups excluding carboxylic acids is 1. The Morgan fingerprint density at radius 2 is 1.39 bits per heavy atom. The molecular weight excluding hydrogens is 288 g/mol. The summed E-state index contributed by atoms with van der Waals surface area (Å²) in [6.45, 7) is 0. The average Bonchev–Trinajstić information content (AvgIpc) is 2.62. The van der Waals surface area contributed by atoms with Gasteiger partial charge < -0.3 is 5.73 Å². The third-order valence-corrected chi connectivity index (χ3v) is 3.68. The maximum Gasteiger partial charge on any atom is 0.269 e. The zero-order chi connectivity index (χ0) is 16.2. The van der Waals surface area contributed by atoms with Crippen LogP contribution in [0.3, 0.4) is 0 Å². The second kappa shape index (κ2) is 6.24. The molecule has 2 N–H and O–H groups in total. The number of benzene rings is 2. The molecule has 0 fully saturated rings. The summed E-state index contributed by atoms with van der Waals surface area (Å²) in [5, 5.41) is 9.26. The van der Waals surface area contributed by atoms with E-state index in [1.165, 1.54) is 0 Å². The third kappa shape index (κ3) is 2.87. The van der Waals surface area contributed by atoms with Gasteiger partial charge in [-0.1, -0.05) is 60.7 Å². The van der Waals surface area contributed by atoms with Crippen LogP contribution in [0.4, 0.5) is 0 Å². The first-order valence-electron chi connectivity index (χ1n) is 7.16. The van der Waals surface area contributed by atoms with Crippen LogP contribution in [0.1, 0.15) is 23.2 Å². The van der Waals surface area contributed by atoms with Crippen LogP contribution in [-0.2, 0) is 4.79 Å². The molecule has 0 saturated heterocycles. The Hall–Kier alpha value is -3.26. The Morgan fingerprint density at radius 3 is 1.83 bits per heavy atom. The van der Waals surface area contributed by atoms with Crippen molar-refractivity contribution in [2.45, 2.75) is 12.1 Å². The lowest BCUT2D eigenvalue weighted by molar-refractivity contribution is -0.111. The van der Waals surface area contributed by atoms with Crippen LogP contribution < -0.4 is 5.73 Å². The van der Waals surface area contributed by atoms with Crippen molar-refractivity contribution in [2.24, 2.45) is 15.7 Å². The van der Waals surface area contributed by atoms with Crippen LogP contribution in [0, 0.1) is 11.3 Å².